The second kappa shape index (κ2) is 11.9. The molecular formula is C32H57N7OS. The van der Waals surface area contributed by atoms with E-state index in [0.29, 0.717) is 34.5 Å². The fourth-order valence-corrected chi connectivity index (χ4v) is 9.82. The van der Waals surface area contributed by atoms with Crippen molar-refractivity contribution in [2.75, 3.05) is 26.2 Å². The van der Waals surface area contributed by atoms with Gasteiger partial charge >= 0.3 is 0 Å². The van der Waals surface area contributed by atoms with Gasteiger partial charge in [0.15, 0.2) is 0 Å². The molecule has 5 fully saturated rings. The molecule has 0 aromatic carbocycles. The Morgan fingerprint density at radius 3 is 2.63 bits per heavy atom. The molecule has 6 unspecified atom stereocenters. The number of hydrogen-bond acceptors (Lipinski definition) is 8. The van der Waals surface area contributed by atoms with Crippen molar-refractivity contribution in [2.45, 2.75) is 129 Å². The van der Waals surface area contributed by atoms with Gasteiger partial charge in [0.2, 0.25) is 5.88 Å². The molecule has 0 spiro atoms. The Kier molecular flexibility index (Phi) is 8.78. The molecule has 0 radical (unpaired) electrons. The molecule has 1 aromatic heterocycles. The summed E-state index contributed by atoms with van der Waals surface area (Å²) in [5.41, 5.74) is 1.01. The molecule has 4 bridgehead atoms. The van der Waals surface area contributed by atoms with Crippen LogP contribution in [0.25, 0.3) is 0 Å². The highest BCUT2D eigenvalue weighted by Crippen LogP contribution is 2.69. The lowest BCUT2D eigenvalue weighted by Crippen LogP contribution is -2.60. The molecule has 1 aromatic rings. The topological polar surface area (TPSA) is 78.4 Å². The summed E-state index contributed by atoms with van der Waals surface area (Å²) in [7, 11) is 0. The van der Waals surface area contributed by atoms with Gasteiger partial charge in [-0.25, -0.2) is 0 Å². The van der Waals surface area contributed by atoms with Crippen LogP contribution in [0.4, 0.5) is 0 Å². The number of nitrogens with one attached hydrogen (secondary N) is 4. The van der Waals surface area contributed by atoms with Crippen LogP contribution in [0.1, 0.15) is 105 Å². The molecule has 232 valence electrons. The standard InChI is InChI=1S/C32H57N7OS/c1-30(2)19-22-9-8-16-33-25-10-7-11-28(35-25)41-34-20-23-12-13-26(36-29(23)38(30)21-22)39-17-14-27(37-39)40-18-15-24-31(3,4)32(24,5)6/h14,17,22-26,28-29,33-36H,7-13,15-16,18-21H2,1-6H3/t22-,23?,25?,26?,28?,29?/m0/s1. The molecule has 41 heavy (non-hydrogen) atoms. The number of aromatic nitrogens is 2. The second-order valence-electron chi connectivity index (χ2n) is 15.5. The van der Waals surface area contributed by atoms with E-state index in [1.807, 2.05) is 11.9 Å². The van der Waals surface area contributed by atoms with Crippen molar-refractivity contribution >= 4 is 11.9 Å². The first-order valence-electron chi connectivity index (χ1n) is 16.6. The molecule has 1 aliphatic carbocycles. The average molecular weight is 588 g/mol. The summed E-state index contributed by atoms with van der Waals surface area (Å²) in [6, 6.07) is 2.06. The SMILES string of the molecule is CC1(C)C[C@@H]2CCCNC3CCCC(N3)SNCC3CCC(n4ccc(OCCC5C(C)(C)C5(C)C)n4)NC3N1C2. The highest BCUT2D eigenvalue weighted by atomic mass is 32.2. The van der Waals surface area contributed by atoms with E-state index in [2.05, 4.69) is 84.1 Å². The summed E-state index contributed by atoms with van der Waals surface area (Å²) < 4.78 is 12.1. The average Bonchev–Trinajstić information content (AvgIpc) is 3.32. The number of piperidine rings is 2. The number of fused-ring (bicyclic) bond motifs is 6. The molecule has 7 atom stereocenters. The number of rotatable bonds is 5. The third-order valence-corrected chi connectivity index (χ3v) is 12.9. The summed E-state index contributed by atoms with van der Waals surface area (Å²) in [6.45, 7) is 18.6. The third kappa shape index (κ3) is 6.37. The number of ether oxygens (including phenoxy) is 1. The Bertz CT molecular complexity index is 1010. The highest BCUT2D eigenvalue weighted by Gasteiger charge is 2.63. The molecule has 1 saturated carbocycles. The van der Waals surface area contributed by atoms with E-state index in [9.17, 15) is 0 Å². The molecule has 6 rings (SSSR count). The van der Waals surface area contributed by atoms with E-state index >= 15 is 0 Å². The van der Waals surface area contributed by atoms with Gasteiger partial charge in [0, 0.05) is 36.8 Å². The molecule has 9 heteroatoms. The molecule has 4 saturated heterocycles. The normalized spacial score (nSPS) is 38.8. The minimum absolute atomic E-state index is 0.195. The van der Waals surface area contributed by atoms with Gasteiger partial charge in [0.1, 0.15) is 6.17 Å². The van der Waals surface area contributed by atoms with Crippen LogP contribution < -0.4 is 25.4 Å². The molecule has 4 aliphatic heterocycles. The Morgan fingerprint density at radius 1 is 1.00 bits per heavy atom. The van der Waals surface area contributed by atoms with E-state index in [4.69, 9.17) is 9.84 Å². The van der Waals surface area contributed by atoms with E-state index in [1.54, 1.807) is 0 Å². The van der Waals surface area contributed by atoms with Gasteiger partial charge in [-0.1, -0.05) is 39.6 Å². The van der Waals surface area contributed by atoms with Crippen LogP contribution in [-0.4, -0.2) is 64.2 Å². The largest absolute Gasteiger partial charge is 0.477 e. The fraction of sp³-hybridized carbons (Fsp3) is 0.906. The summed E-state index contributed by atoms with van der Waals surface area (Å²) in [6.07, 6.45) is 14.1. The van der Waals surface area contributed by atoms with Gasteiger partial charge in [0.05, 0.1) is 24.3 Å². The lowest BCUT2D eigenvalue weighted by atomic mass is 9.90. The second-order valence-corrected chi connectivity index (χ2v) is 16.6. The highest BCUT2D eigenvalue weighted by molar-refractivity contribution is 7.98. The Morgan fingerprint density at radius 2 is 1.83 bits per heavy atom. The van der Waals surface area contributed by atoms with E-state index in [-0.39, 0.29) is 11.7 Å². The van der Waals surface area contributed by atoms with E-state index in [0.717, 1.165) is 50.3 Å². The maximum Gasteiger partial charge on any atom is 0.232 e. The van der Waals surface area contributed by atoms with Crippen molar-refractivity contribution in [2.24, 2.45) is 28.6 Å². The first-order chi connectivity index (χ1) is 19.5. The zero-order valence-corrected chi connectivity index (χ0v) is 27.4. The zero-order chi connectivity index (χ0) is 28.8. The van der Waals surface area contributed by atoms with Gasteiger partial charge in [-0.05, 0) is 101 Å². The van der Waals surface area contributed by atoms with Crippen molar-refractivity contribution in [3.63, 3.8) is 0 Å². The van der Waals surface area contributed by atoms with Crippen LogP contribution in [-0.2, 0) is 0 Å². The first-order valence-corrected chi connectivity index (χ1v) is 17.5. The van der Waals surface area contributed by atoms with Crippen molar-refractivity contribution in [1.82, 2.24) is 35.4 Å². The minimum atomic E-state index is 0.195. The lowest BCUT2D eigenvalue weighted by Gasteiger charge is -2.47. The first kappa shape index (κ1) is 30.2. The quantitative estimate of drug-likeness (QED) is 0.346. The van der Waals surface area contributed by atoms with Gasteiger partial charge in [-0.3, -0.25) is 24.9 Å². The van der Waals surface area contributed by atoms with Crippen LogP contribution in [0.5, 0.6) is 5.88 Å². The van der Waals surface area contributed by atoms with Crippen LogP contribution in [0, 0.1) is 28.6 Å². The summed E-state index contributed by atoms with van der Waals surface area (Å²) in [5, 5.41) is 17.1. The van der Waals surface area contributed by atoms with Crippen LogP contribution >= 0.6 is 11.9 Å². The number of hydrogen-bond donors (Lipinski definition) is 4. The van der Waals surface area contributed by atoms with Crippen LogP contribution in [0.2, 0.25) is 0 Å². The minimum Gasteiger partial charge on any atom is -0.477 e. The summed E-state index contributed by atoms with van der Waals surface area (Å²) in [4.78, 5) is 2.81. The molecule has 8 nitrogen and oxygen atoms in total. The lowest BCUT2D eigenvalue weighted by molar-refractivity contribution is 0.00923. The van der Waals surface area contributed by atoms with E-state index < -0.39 is 0 Å². The Labute approximate surface area is 253 Å². The third-order valence-electron chi connectivity index (χ3n) is 12.0. The fourth-order valence-electron chi connectivity index (χ4n) is 8.79. The van der Waals surface area contributed by atoms with Crippen molar-refractivity contribution in [3.05, 3.63) is 12.3 Å². The van der Waals surface area contributed by atoms with Gasteiger partial charge < -0.3 is 10.1 Å². The maximum absolute atomic E-state index is 6.17. The molecule has 5 aliphatic rings. The molecule has 5 heterocycles. The van der Waals surface area contributed by atoms with Crippen LogP contribution in [0.15, 0.2) is 12.3 Å². The number of nitrogens with zero attached hydrogens (tertiary/aromatic N) is 3. The predicted octanol–water partition coefficient (Wildman–Crippen LogP) is 5.31. The molecule has 0 amide bonds. The van der Waals surface area contributed by atoms with Gasteiger partial charge in [0.25, 0.3) is 0 Å². The van der Waals surface area contributed by atoms with Crippen molar-refractivity contribution < 1.29 is 4.74 Å². The van der Waals surface area contributed by atoms with Gasteiger partial charge in [-0.2, -0.15) is 0 Å². The zero-order valence-electron chi connectivity index (χ0n) is 26.5. The smallest absolute Gasteiger partial charge is 0.232 e. The maximum atomic E-state index is 6.17. The predicted molar refractivity (Wildman–Crippen MR) is 168 cm³/mol. The van der Waals surface area contributed by atoms with E-state index in [1.165, 1.54) is 51.5 Å². The Hall–Kier alpha value is -0.840. The summed E-state index contributed by atoms with van der Waals surface area (Å²) >= 11 is 1.92. The van der Waals surface area contributed by atoms with Crippen molar-refractivity contribution in [3.8, 4) is 5.88 Å². The molecule has 4 N–H and O–H groups in total. The van der Waals surface area contributed by atoms with Crippen LogP contribution in [0.3, 0.4) is 0 Å². The summed E-state index contributed by atoms with van der Waals surface area (Å²) in [5.74, 6) is 2.81. The Balaban J connectivity index is 1.11. The van der Waals surface area contributed by atoms with Crippen molar-refractivity contribution in [1.29, 1.82) is 0 Å². The van der Waals surface area contributed by atoms with Gasteiger partial charge in [-0.15, -0.1) is 5.10 Å². The molecular weight excluding hydrogens is 530 g/mol. The monoisotopic (exact) mass is 587 g/mol.